The summed E-state index contributed by atoms with van der Waals surface area (Å²) in [5, 5.41) is 0.141. The van der Waals surface area contributed by atoms with E-state index in [1.807, 2.05) is 19.9 Å². The molecule has 2 aliphatic rings. The third-order valence-electron chi connectivity index (χ3n) is 7.10. The molecule has 234 valence electrons. The minimum Gasteiger partial charge on any atom is -0.493 e. The number of fused-ring (bicyclic) bond motifs is 2. The summed E-state index contributed by atoms with van der Waals surface area (Å²) in [6.45, 7) is 6.56. The van der Waals surface area contributed by atoms with E-state index in [0.717, 1.165) is 21.6 Å². The van der Waals surface area contributed by atoms with Crippen LogP contribution >= 0.6 is 11.6 Å². The lowest BCUT2D eigenvalue weighted by Gasteiger charge is -2.44. The van der Waals surface area contributed by atoms with Gasteiger partial charge < -0.3 is 25.8 Å². The molecular formula is C28H35ClF6N4O3. The number of hydrogen-bond donors (Lipinski definition) is 2. The number of benzene rings is 2. The molecule has 0 aromatic heterocycles. The average Bonchev–Trinajstić information content (AvgIpc) is 2.82. The second-order valence-electron chi connectivity index (χ2n) is 11.0. The maximum absolute atomic E-state index is 12.8. The molecular weight excluding hydrogens is 590 g/mol. The van der Waals surface area contributed by atoms with Gasteiger partial charge in [-0.3, -0.25) is 9.69 Å². The highest BCUT2D eigenvalue weighted by Crippen LogP contribution is 2.46. The number of alkyl halides is 6. The summed E-state index contributed by atoms with van der Waals surface area (Å²) >= 11 is 6.28. The molecule has 2 aromatic carbocycles. The number of methoxy groups -OCH3 is 1. The number of anilines is 2. The van der Waals surface area contributed by atoms with Gasteiger partial charge in [-0.2, -0.15) is 26.3 Å². The van der Waals surface area contributed by atoms with E-state index in [2.05, 4.69) is 0 Å². The van der Waals surface area contributed by atoms with Crippen molar-refractivity contribution in [1.29, 1.82) is 0 Å². The van der Waals surface area contributed by atoms with E-state index in [1.54, 1.807) is 12.1 Å². The Hall–Kier alpha value is -3.06. The number of carbonyl (C=O) groups is 1. The molecule has 42 heavy (non-hydrogen) atoms. The fourth-order valence-corrected chi connectivity index (χ4v) is 5.88. The van der Waals surface area contributed by atoms with Crippen molar-refractivity contribution >= 4 is 28.9 Å². The maximum Gasteiger partial charge on any atom is 0.471 e. The zero-order valence-corrected chi connectivity index (χ0v) is 24.7. The molecule has 0 bridgehead atoms. The first-order valence-electron chi connectivity index (χ1n) is 13.2. The molecule has 0 unspecified atom stereocenters. The van der Waals surface area contributed by atoms with Crippen molar-refractivity contribution in [1.82, 2.24) is 9.80 Å². The van der Waals surface area contributed by atoms with Gasteiger partial charge in [-0.05, 0) is 75.4 Å². The number of rotatable bonds is 4. The molecule has 1 amide bonds. The normalized spacial score (nSPS) is 16.7. The van der Waals surface area contributed by atoms with Crippen LogP contribution in [0.4, 0.5) is 37.7 Å². The van der Waals surface area contributed by atoms with Gasteiger partial charge in [0.1, 0.15) is 5.75 Å². The first-order valence-corrected chi connectivity index (χ1v) is 13.5. The number of halogens is 7. The van der Waals surface area contributed by atoms with Crippen molar-refractivity contribution in [2.75, 3.05) is 38.2 Å². The summed E-state index contributed by atoms with van der Waals surface area (Å²) in [5.74, 6) is -1.13. The number of carbonyl (C=O) groups excluding carboxylic acids is 1. The van der Waals surface area contributed by atoms with E-state index in [-0.39, 0.29) is 36.4 Å². The van der Waals surface area contributed by atoms with Gasteiger partial charge in [-0.15, -0.1) is 0 Å². The highest BCUT2D eigenvalue weighted by Gasteiger charge is 2.50. The Kier molecular flexibility index (Phi) is 9.77. The van der Waals surface area contributed by atoms with Gasteiger partial charge in [0.2, 0.25) is 0 Å². The van der Waals surface area contributed by atoms with E-state index in [1.165, 1.54) is 25.9 Å². The predicted molar refractivity (Wildman–Crippen MR) is 149 cm³/mol. The molecule has 0 fully saturated rings. The van der Waals surface area contributed by atoms with Gasteiger partial charge in [0.25, 0.3) is 0 Å². The smallest absolute Gasteiger partial charge is 0.471 e. The monoisotopic (exact) mass is 624 g/mol. The predicted octanol–water partition coefficient (Wildman–Crippen LogP) is 6.09. The van der Waals surface area contributed by atoms with Gasteiger partial charge in [0.05, 0.1) is 41.7 Å². The molecule has 4 N–H and O–H groups in total. The van der Waals surface area contributed by atoms with Crippen molar-refractivity contribution in [3.63, 3.8) is 0 Å². The van der Waals surface area contributed by atoms with E-state index in [9.17, 15) is 31.1 Å². The Balaban J connectivity index is 0.000000231. The Morgan fingerprint density at radius 1 is 1.00 bits per heavy atom. The molecule has 0 saturated heterocycles. The Labute approximate surface area is 245 Å². The lowest BCUT2D eigenvalue weighted by Crippen LogP contribution is -2.54. The molecule has 7 nitrogen and oxygen atoms in total. The summed E-state index contributed by atoms with van der Waals surface area (Å²) in [5.41, 5.74) is 14.4. The van der Waals surface area contributed by atoms with Crippen LogP contribution in [-0.2, 0) is 29.7 Å². The molecule has 2 aromatic rings. The van der Waals surface area contributed by atoms with E-state index in [4.69, 9.17) is 32.5 Å². The molecule has 0 saturated carbocycles. The van der Waals surface area contributed by atoms with Crippen LogP contribution in [0.5, 0.6) is 11.5 Å². The van der Waals surface area contributed by atoms with Crippen molar-refractivity contribution < 1.29 is 40.6 Å². The Bertz CT molecular complexity index is 1310. The van der Waals surface area contributed by atoms with Gasteiger partial charge in [0, 0.05) is 25.2 Å². The first-order chi connectivity index (χ1) is 19.3. The highest BCUT2D eigenvalue weighted by atomic mass is 35.5. The molecule has 2 aliphatic heterocycles. The first kappa shape index (κ1) is 33.4. The topological polar surface area (TPSA) is 94.0 Å². The van der Waals surface area contributed by atoms with Gasteiger partial charge >= 0.3 is 18.3 Å². The van der Waals surface area contributed by atoms with Gasteiger partial charge in [-0.25, -0.2) is 0 Å². The Morgan fingerprint density at radius 2 is 1.60 bits per heavy atom. The largest absolute Gasteiger partial charge is 0.493 e. The number of nitrogens with two attached hydrogens (primary N) is 2. The summed E-state index contributed by atoms with van der Waals surface area (Å²) < 4.78 is 86.4. The van der Waals surface area contributed by atoms with Crippen LogP contribution in [0.15, 0.2) is 18.2 Å². The molecule has 0 atom stereocenters. The number of ether oxygens (including phenoxy) is 2. The molecule has 0 aliphatic carbocycles. The SMILES string of the molecule is CC(C)Oc1cc2c(cc1N)CCN(CC(F)(F)F)C2.COc1c(N)cc2c(c1Cl)C(C)(C)N(C(=O)C(F)(F)F)CC2. The second-order valence-corrected chi connectivity index (χ2v) is 11.4. The van der Waals surface area contributed by atoms with Crippen LogP contribution < -0.4 is 20.9 Å². The van der Waals surface area contributed by atoms with Crippen molar-refractivity contribution in [2.24, 2.45) is 0 Å². The quantitative estimate of drug-likeness (QED) is 0.316. The fourth-order valence-electron chi connectivity index (χ4n) is 5.34. The third-order valence-corrected chi connectivity index (χ3v) is 7.46. The number of hydrogen-bond acceptors (Lipinski definition) is 6. The van der Waals surface area contributed by atoms with Crippen LogP contribution in [0.2, 0.25) is 5.02 Å². The summed E-state index contributed by atoms with van der Waals surface area (Å²) in [4.78, 5) is 13.9. The highest BCUT2D eigenvalue weighted by molar-refractivity contribution is 6.33. The zero-order chi connectivity index (χ0) is 31.8. The molecule has 14 heteroatoms. The number of nitrogens with zero attached hydrogens (tertiary/aromatic N) is 2. The van der Waals surface area contributed by atoms with E-state index in [0.29, 0.717) is 35.7 Å². The van der Waals surface area contributed by atoms with E-state index < -0.39 is 30.3 Å². The standard InChI is InChI=1S/C14H16ClF3N2O2.C14H19F3N2O/c1-13(2)9-7(6-8(19)11(22-3)10(9)15)4-5-20(13)12(21)14(16,17)18;1-9(2)20-13-6-11-7-19(8-14(15,16)17)4-3-10(11)5-12(13)18/h6H,4-5,19H2,1-3H3;5-6,9H,3-4,7-8,18H2,1-2H3. The zero-order valence-electron chi connectivity index (χ0n) is 24.0. The van der Waals surface area contributed by atoms with Crippen LogP contribution in [-0.4, -0.2) is 60.9 Å². The van der Waals surface area contributed by atoms with Crippen LogP contribution in [0, 0.1) is 0 Å². The van der Waals surface area contributed by atoms with Crippen LogP contribution in [0.3, 0.4) is 0 Å². The minimum absolute atomic E-state index is 0.0229. The van der Waals surface area contributed by atoms with Gasteiger partial charge in [-0.1, -0.05) is 11.6 Å². The Morgan fingerprint density at radius 3 is 2.14 bits per heavy atom. The molecule has 0 radical (unpaired) electrons. The lowest BCUT2D eigenvalue weighted by atomic mass is 9.82. The van der Waals surface area contributed by atoms with Crippen LogP contribution in [0.1, 0.15) is 49.9 Å². The fraction of sp³-hybridized carbons (Fsp3) is 0.536. The van der Waals surface area contributed by atoms with Crippen LogP contribution in [0.25, 0.3) is 0 Å². The summed E-state index contributed by atoms with van der Waals surface area (Å²) in [6, 6.07) is 5.22. The number of nitrogen functional groups attached to an aromatic ring is 2. The number of amides is 1. The van der Waals surface area contributed by atoms with E-state index >= 15 is 0 Å². The molecule has 0 spiro atoms. The average molecular weight is 625 g/mol. The maximum atomic E-state index is 12.8. The lowest BCUT2D eigenvalue weighted by molar-refractivity contribution is -0.191. The van der Waals surface area contributed by atoms with Crippen molar-refractivity contribution in [2.45, 2.75) is 71.1 Å². The summed E-state index contributed by atoms with van der Waals surface area (Å²) in [7, 11) is 1.37. The van der Waals surface area contributed by atoms with Crippen molar-refractivity contribution in [3.8, 4) is 11.5 Å². The minimum atomic E-state index is -4.93. The molecule has 2 heterocycles. The second kappa shape index (κ2) is 12.3. The van der Waals surface area contributed by atoms with Crippen molar-refractivity contribution in [3.05, 3.63) is 45.5 Å². The third kappa shape index (κ3) is 7.47. The molecule has 4 rings (SSSR count). The van der Waals surface area contributed by atoms with Gasteiger partial charge in [0.15, 0.2) is 5.75 Å². The summed E-state index contributed by atoms with van der Waals surface area (Å²) in [6.07, 6.45) is -8.29.